The maximum absolute atomic E-state index is 14.3. The molecule has 1 amide bonds. The summed E-state index contributed by atoms with van der Waals surface area (Å²) in [5.41, 5.74) is 2.86. The second-order valence-corrected chi connectivity index (χ2v) is 13.0. The lowest BCUT2D eigenvalue weighted by molar-refractivity contribution is 0.0506. The molecule has 0 atom stereocenters. The quantitative estimate of drug-likeness (QED) is 0.256. The molecule has 1 aliphatic rings. The molecular weight excluding hydrogens is 571 g/mol. The molecule has 1 aliphatic heterocycles. The maximum Gasteiger partial charge on any atom is 0.339 e. The van der Waals surface area contributed by atoms with Gasteiger partial charge in [0.2, 0.25) is 0 Å². The minimum Gasteiger partial charge on any atom is -0.465 e. The zero-order valence-corrected chi connectivity index (χ0v) is 26.5. The number of piperazine rings is 1. The fourth-order valence-corrected chi connectivity index (χ4v) is 5.81. The summed E-state index contributed by atoms with van der Waals surface area (Å²) in [5.74, 6) is -0.371. The van der Waals surface area contributed by atoms with Crippen molar-refractivity contribution >= 4 is 40.3 Å². The molecule has 0 spiro atoms. The van der Waals surface area contributed by atoms with Gasteiger partial charge in [-0.05, 0) is 84.4 Å². The van der Waals surface area contributed by atoms with E-state index in [9.17, 15) is 14.0 Å². The number of halogens is 2. The SMILES string of the molecule is COC(=O)c1c(C)cc(N2CCN(C(=O)c3ccc4c(-c5ccc(Cl)c(F)c5)nn(C(C)(C)C)c4n3)C(C)(C)C2)nc1C. The minimum absolute atomic E-state index is 0.0382. The number of ether oxygens (including phenoxy) is 1. The Morgan fingerprint density at radius 2 is 1.77 bits per heavy atom. The highest BCUT2D eigenvalue weighted by Crippen LogP contribution is 2.33. The van der Waals surface area contributed by atoms with Crippen LogP contribution in [0.1, 0.15) is 66.7 Å². The van der Waals surface area contributed by atoms with Crippen LogP contribution in [0.2, 0.25) is 5.02 Å². The van der Waals surface area contributed by atoms with Crippen LogP contribution in [0.25, 0.3) is 22.3 Å². The number of methoxy groups -OCH3 is 1. The molecule has 0 saturated carbocycles. The van der Waals surface area contributed by atoms with E-state index >= 15 is 0 Å². The molecule has 1 fully saturated rings. The van der Waals surface area contributed by atoms with Crippen LogP contribution >= 0.6 is 11.6 Å². The molecule has 4 heterocycles. The van der Waals surface area contributed by atoms with Crippen LogP contribution in [0.4, 0.5) is 10.2 Å². The number of fused-ring (bicyclic) bond motifs is 1. The van der Waals surface area contributed by atoms with E-state index in [0.29, 0.717) is 58.9 Å². The van der Waals surface area contributed by atoms with E-state index in [1.54, 1.807) is 23.7 Å². The third-order valence-corrected chi connectivity index (χ3v) is 8.13. The highest BCUT2D eigenvalue weighted by Gasteiger charge is 2.38. The lowest BCUT2D eigenvalue weighted by Crippen LogP contribution is -2.61. The molecule has 3 aromatic heterocycles. The minimum atomic E-state index is -0.549. The molecule has 9 nitrogen and oxygen atoms in total. The lowest BCUT2D eigenvalue weighted by atomic mass is 9.97. The van der Waals surface area contributed by atoms with Crippen molar-refractivity contribution in [3.63, 3.8) is 0 Å². The van der Waals surface area contributed by atoms with E-state index in [-0.39, 0.29) is 10.9 Å². The number of aryl methyl sites for hydroxylation is 2. The van der Waals surface area contributed by atoms with Crippen LogP contribution in [-0.4, -0.2) is 68.8 Å². The number of carbonyl (C=O) groups excluding carboxylic acids is 2. The third kappa shape index (κ3) is 5.56. The molecule has 0 bridgehead atoms. The molecule has 1 saturated heterocycles. The Kier molecular flexibility index (Phi) is 7.71. The molecule has 0 aliphatic carbocycles. The molecular formula is C32H36ClFN6O3. The lowest BCUT2D eigenvalue weighted by Gasteiger charge is -2.47. The average Bonchev–Trinajstić information content (AvgIpc) is 3.32. The molecule has 4 aromatic rings. The number of rotatable bonds is 4. The summed E-state index contributed by atoms with van der Waals surface area (Å²) in [6.45, 7) is 15.3. The normalized spacial score (nSPS) is 15.2. The average molecular weight is 607 g/mol. The number of pyridine rings is 2. The van der Waals surface area contributed by atoms with Gasteiger partial charge in [0.15, 0.2) is 5.65 Å². The van der Waals surface area contributed by atoms with Crippen molar-refractivity contribution in [1.29, 1.82) is 0 Å². The maximum atomic E-state index is 14.3. The van der Waals surface area contributed by atoms with E-state index < -0.39 is 22.9 Å². The van der Waals surface area contributed by atoms with E-state index in [4.69, 9.17) is 31.4 Å². The van der Waals surface area contributed by atoms with Crippen molar-refractivity contribution in [2.24, 2.45) is 0 Å². The van der Waals surface area contributed by atoms with Gasteiger partial charge in [-0.3, -0.25) is 4.79 Å². The van der Waals surface area contributed by atoms with Crippen LogP contribution < -0.4 is 4.90 Å². The van der Waals surface area contributed by atoms with Gasteiger partial charge in [-0.1, -0.05) is 17.7 Å². The van der Waals surface area contributed by atoms with Crippen molar-refractivity contribution in [3.8, 4) is 11.3 Å². The van der Waals surface area contributed by atoms with Gasteiger partial charge in [-0.15, -0.1) is 0 Å². The Morgan fingerprint density at radius 1 is 1.05 bits per heavy atom. The molecule has 11 heteroatoms. The number of hydrogen-bond donors (Lipinski definition) is 0. The largest absolute Gasteiger partial charge is 0.465 e. The Hall–Kier alpha value is -4.05. The van der Waals surface area contributed by atoms with Crippen LogP contribution in [0, 0.1) is 19.7 Å². The topological polar surface area (TPSA) is 93.5 Å². The Balaban J connectivity index is 1.46. The first-order valence-corrected chi connectivity index (χ1v) is 14.5. The Labute approximate surface area is 255 Å². The van der Waals surface area contributed by atoms with Gasteiger partial charge in [0.1, 0.15) is 23.0 Å². The van der Waals surface area contributed by atoms with Gasteiger partial charge in [0.05, 0.1) is 34.5 Å². The highest BCUT2D eigenvalue weighted by atomic mass is 35.5. The number of carbonyl (C=O) groups is 2. The van der Waals surface area contributed by atoms with E-state index in [0.717, 1.165) is 11.4 Å². The predicted octanol–water partition coefficient (Wildman–Crippen LogP) is 6.19. The number of esters is 1. The number of amides is 1. The molecule has 43 heavy (non-hydrogen) atoms. The summed E-state index contributed by atoms with van der Waals surface area (Å²) < 4.78 is 21.0. The first-order chi connectivity index (χ1) is 20.1. The van der Waals surface area contributed by atoms with Crippen LogP contribution in [-0.2, 0) is 10.3 Å². The Morgan fingerprint density at radius 3 is 2.37 bits per heavy atom. The third-order valence-electron chi connectivity index (χ3n) is 7.82. The number of anilines is 1. The number of aromatic nitrogens is 4. The summed E-state index contributed by atoms with van der Waals surface area (Å²) in [4.78, 5) is 39.7. The van der Waals surface area contributed by atoms with Crippen molar-refractivity contribution < 1.29 is 18.7 Å². The molecule has 0 unspecified atom stereocenters. The van der Waals surface area contributed by atoms with Crippen LogP contribution in [0.5, 0.6) is 0 Å². The number of nitrogens with zero attached hydrogens (tertiary/aromatic N) is 6. The van der Waals surface area contributed by atoms with E-state index in [1.807, 2.05) is 58.6 Å². The van der Waals surface area contributed by atoms with Gasteiger partial charge >= 0.3 is 5.97 Å². The van der Waals surface area contributed by atoms with Crippen LogP contribution in [0.15, 0.2) is 36.4 Å². The van der Waals surface area contributed by atoms with Crippen molar-refractivity contribution in [2.45, 2.75) is 59.5 Å². The molecule has 5 rings (SSSR count). The van der Waals surface area contributed by atoms with Crippen molar-refractivity contribution in [2.75, 3.05) is 31.6 Å². The first kappa shape index (κ1) is 30.4. The summed E-state index contributed by atoms with van der Waals surface area (Å²) in [6.07, 6.45) is 0. The Bertz CT molecular complexity index is 1740. The highest BCUT2D eigenvalue weighted by molar-refractivity contribution is 6.30. The number of benzene rings is 1. The molecule has 226 valence electrons. The molecule has 0 N–H and O–H groups in total. The fourth-order valence-electron chi connectivity index (χ4n) is 5.69. The standard InChI is InChI=1S/C32H36ClFN6O3/c1-18-15-25(35-19(2)26(18)30(42)43-8)38-13-14-39(32(6,7)17-38)29(41)24-12-10-21-27(20-9-11-22(33)23(34)16-20)37-40(28(21)36-24)31(3,4)5/h9-12,15-16H,13-14,17H2,1-8H3. The smallest absolute Gasteiger partial charge is 0.339 e. The zero-order chi connectivity index (χ0) is 31.4. The van der Waals surface area contributed by atoms with Gasteiger partial charge in [0, 0.05) is 30.6 Å². The monoisotopic (exact) mass is 606 g/mol. The number of hydrogen-bond acceptors (Lipinski definition) is 7. The molecule has 1 aromatic carbocycles. The van der Waals surface area contributed by atoms with Gasteiger partial charge in [-0.2, -0.15) is 5.10 Å². The van der Waals surface area contributed by atoms with Gasteiger partial charge < -0.3 is 14.5 Å². The second-order valence-electron chi connectivity index (χ2n) is 12.6. The van der Waals surface area contributed by atoms with Crippen molar-refractivity contribution in [3.05, 3.63) is 69.8 Å². The second kappa shape index (κ2) is 10.9. The zero-order valence-electron chi connectivity index (χ0n) is 25.7. The van der Waals surface area contributed by atoms with Gasteiger partial charge in [0.25, 0.3) is 5.91 Å². The van der Waals surface area contributed by atoms with E-state index in [1.165, 1.54) is 19.2 Å². The first-order valence-electron chi connectivity index (χ1n) is 14.1. The summed E-state index contributed by atoms with van der Waals surface area (Å²) in [7, 11) is 1.36. The summed E-state index contributed by atoms with van der Waals surface area (Å²) in [6, 6.07) is 10.0. The van der Waals surface area contributed by atoms with Crippen LogP contribution in [0.3, 0.4) is 0 Å². The predicted molar refractivity (Wildman–Crippen MR) is 165 cm³/mol. The summed E-state index contributed by atoms with van der Waals surface area (Å²) in [5, 5.41) is 5.55. The van der Waals surface area contributed by atoms with Gasteiger partial charge in [-0.25, -0.2) is 23.8 Å². The van der Waals surface area contributed by atoms with Crippen molar-refractivity contribution in [1.82, 2.24) is 24.6 Å². The fraction of sp³-hybridized carbons (Fsp3) is 0.406. The molecule has 0 radical (unpaired) electrons. The summed E-state index contributed by atoms with van der Waals surface area (Å²) >= 11 is 5.92. The van der Waals surface area contributed by atoms with E-state index in [2.05, 4.69) is 4.90 Å².